The summed E-state index contributed by atoms with van der Waals surface area (Å²) in [6.45, 7) is 3.90. The highest BCUT2D eigenvalue weighted by atomic mass is 16.7. The fourth-order valence-electron chi connectivity index (χ4n) is 3.07. The summed E-state index contributed by atoms with van der Waals surface area (Å²) in [5.74, 6) is -3.75. The fraction of sp³-hybridized carbons (Fsp3) is 0.588. The largest absolute Gasteiger partial charge is 0.463 e. The Bertz CT molecular complexity index is 867. The molecule has 2 rings (SSSR count). The number of carbonyl (C=O) groups is 4. The SMILES string of the molecule is CC(=O)OC[C@H]1O[C@@H](n2ccnc2[N+](=O)[O-])[C@H](OC(C)=O)[C@@H](OC(C)=O)[C@@H]1OC(C)=O. The smallest absolute Gasteiger partial charge is 0.436 e. The van der Waals surface area contributed by atoms with Crippen LogP contribution in [-0.2, 0) is 42.9 Å². The summed E-state index contributed by atoms with van der Waals surface area (Å²) in [7, 11) is 0. The maximum absolute atomic E-state index is 11.8. The van der Waals surface area contributed by atoms with Gasteiger partial charge in [0.15, 0.2) is 12.2 Å². The van der Waals surface area contributed by atoms with E-state index in [1.165, 1.54) is 6.20 Å². The van der Waals surface area contributed by atoms with Crippen molar-refractivity contribution in [1.29, 1.82) is 0 Å². The molecule has 0 aliphatic carbocycles. The zero-order valence-corrected chi connectivity index (χ0v) is 17.1. The lowest BCUT2D eigenvalue weighted by Gasteiger charge is -2.43. The van der Waals surface area contributed by atoms with Crippen LogP contribution < -0.4 is 0 Å². The van der Waals surface area contributed by atoms with Crippen molar-refractivity contribution in [3.8, 4) is 0 Å². The normalized spacial score (nSPS) is 25.2. The van der Waals surface area contributed by atoms with E-state index >= 15 is 0 Å². The maximum Gasteiger partial charge on any atom is 0.436 e. The van der Waals surface area contributed by atoms with Crippen LogP contribution in [0.4, 0.5) is 5.95 Å². The molecule has 1 aromatic heterocycles. The first-order valence-electron chi connectivity index (χ1n) is 8.99. The van der Waals surface area contributed by atoms with Crippen LogP contribution in [0.25, 0.3) is 0 Å². The van der Waals surface area contributed by atoms with Gasteiger partial charge in [-0.3, -0.25) is 19.2 Å². The average Bonchev–Trinajstić information content (AvgIpc) is 3.12. The third-order valence-electron chi connectivity index (χ3n) is 4.05. The van der Waals surface area contributed by atoms with Gasteiger partial charge in [0.2, 0.25) is 12.3 Å². The molecular weight excluding hydrogens is 422 g/mol. The maximum atomic E-state index is 11.8. The summed E-state index contributed by atoms with van der Waals surface area (Å²) in [6.07, 6.45) is -4.60. The van der Waals surface area contributed by atoms with Gasteiger partial charge in [-0.05, 0) is 4.92 Å². The molecule has 170 valence electrons. The van der Waals surface area contributed by atoms with Crippen molar-refractivity contribution in [3.05, 3.63) is 22.5 Å². The predicted molar refractivity (Wildman–Crippen MR) is 96.1 cm³/mol. The Kier molecular flexibility index (Phi) is 7.63. The predicted octanol–water partition coefficient (Wildman–Crippen LogP) is 0.0469. The van der Waals surface area contributed by atoms with Crippen molar-refractivity contribution in [2.24, 2.45) is 0 Å². The number of ether oxygens (including phenoxy) is 5. The van der Waals surface area contributed by atoms with E-state index in [0.717, 1.165) is 38.5 Å². The van der Waals surface area contributed by atoms with Crippen LogP contribution in [0.15, 0.2) is 12.4 Å². The quantitative estimate of drug-likeness (QED) is 0.240. The van der Waals surface area contributed by atoms with Crippen LogP contribution in [0, 0.1) is 10.1 Å². The lowest BCUT2D eigenvalue weighted by Crippen LogP contribution is -2.60. The second-order valence-corrected chi connectivity index (χ2v) is 6.48. The average molecular weight is 443 g/mol. The molecule has 0 amide bonds. The first kappa shape index (κ1) is 23.7. The van der Waals surface area contributed by atoms with Crippen molar-refractivity contribution in [2.45, 2.75) is 58.3 Å². The standard InChI is InChI=1S/C17H21N3O11/c1-8(21)27-7-12-13(28-9(2)22)14(29-10(3)23)15(30-11(4)24)16(31-12)19-6-5-18-17(19)20(25)26/h5-6,12-16H,7H2,1-4H3/t12-,13-,14+,15-,16-/m1/s1. The van der Waals surface area contributed by atoms with Crippen LogP contribution >= 0.6 is 0 Å². The molecule has 2 heterocycles. The summed E-state index contributed by atoms with van der Waals surface area (Å²) in [4.78, 5) is 60.7. The van der Waals surface area contributed by atoms with Gasteiger partial charge in [-0.1, -0.05) is 4.98 Å². The molecule has 0 aromatic carbocycles. The monoisotopic (exact) mass is 443 g/mol. The van der Waals surface area contributed by atoms with E-state index in [9.17, 15) is 29.3 Å². The third kappa shape index (κ3) is 5.97. The van der Waals surface area contributed by atoms with Crippen molar-refractivity contribution in [3.63, 3.8) is 0 Å². The van der Waals surface area contributed by atoms with Gasteiger partial charge < -0.3 is 33.8 Å². The number of carbonyl (C=O) groups excluding carboxylic acids is 4. The molecule has 0 unspecified atom stereocenters. The highest BCUT2D eigenvalue weighted by molar-refractivity contribution is 5.68. The Morgan fingerprint density at radius 3 is 2.06 bits per heavy atom. The van der Waals surface area contributed by atoms with Crippen LogP contribution in [0.1, 0.15) is 33.9 Å². The molecule has 5 atom stereocenters. The Morgan fingerprint density at radius 1 is 1.00 bits per heavy atom. The summed E-state index contributed by atoms with van der Waals surface area (Å²) in [5.41, 5.74) is 0. The molecule has 14 nitrogen and oxygen atoms in total. The minimum Gasteiger partial charge on any atom is -0.463 e. The van der Waals surface area contributed by atoms with E-state index in [2.05, 4.69) is 4.98 Å². The number of aromatic nitrogens is 2. The summed E-state index contributed by atoms with van der Waals surface area (Å²) in [6, 6.07) is 0. The Labute approximate surface area is 175 Å². The first-order valence-corrected chi connectivity index (χ1v) is 8.99. The van der Waals surface area contributed by atoms with E-state index in [1.54, 1.807) is 0 Å². The zero-order valence-electron chi connectivity index (χ0n) is 17.1. The lowest BCUT2D eigenvalue weighted by molar-refractivity contribution is -0.400. The molecule has 1 aromatic rings. The molecule has 0 radical (unpaired) electrons. The highest BCUT2D eigenvalue weighted by Crippen LogP contribution is 2.36. The minimum atomic E-state index is -1.47. The Balaban J connectivity index is 2.58. The molecular formula is C17H21N3O11. The summed E-state index contributed by atoms with van der Waals surface area (Å²) in [5, 5.41) is 11.4. The Morgan fingerprint density at radius 2 is 1.55 bits per heavy atom. The van der Waals surface area contributed by atoms with Crippen LogP contribution in [-0.4, -0.2) is 69.4 Å². The number of esters is 4. The van der Waals surface area contributed by atoms with Crippen molar-refractivity contribution >= 4 is 29.8 Å². The van der Waals surface area contributed by atoms with Crippen molar-refractivity contribution in [1.82, 2.24) is 9.55 Å². The third-order valence-corrected chi connectivity index (χ3v) is 4.05. The van der Waals surface area contributed by atoms with Crippen LogP contribution in [0.2, 0.25) is 0 Å². The van der Waals surface area contributed by atoms with Gasteiger partial charge in [-0.15, -0.1) is 0 Å². The number of hydrogen-bond acceptors (Lipinski definition) is 12. The number of imidazole rings is 1. The molecule has 1 aliphatic rings. The van der Waals surface area contributed by atoms with E-state index in [-0.39, 0.29) is 0 Å². The number of hydrogen-bond donors (Lipinski definition) is 0. The topological polar surface area (TPSA) is 175 Å². The fourth-order valence-corrected chi connectivity index (χ4v) is 3.07. The van der Waals surface area contributed by atoms with Gasteiger partial charge in [0.05, 0.1) is 0 Å². The minimum absolute atomic E-state index is 0.448. The molecule has 0 spiro atoms. The number of nitrogens with zero attached hydrogens (tertiary/aromatic N) is 3. The van der Waals surface area contributed by atoms with Gasteiger partial charge >= 0.3 is 29.8 Å². The summed E-state index contributed by atoms with van der Waals surface area (Å²) < 4.78 is 27.4. The van der Waals surface area contributed by atoms with Gasteiger partial charge in [-0.25, -0.2) is 0 Å². The van der Waals surface area contributed by atoms with E-state index in [0.29, 0.717) is 0 Å². The van der Waals surface area contributed by atoms with Crippen LogP contribution in [0.5, 0.6) is 0 Å². The number of nitro groups is 1. The molecule has 1 fully saturated rings. The van der Waals surface area contributed by atoms with Crippen LogP contribution in [0.3, 0.4) is 0 Å². The second-order valence-electron chi connectivity index (χ2n) is 6.48. The molecule has 31 heavy (non-hydrogen) atoms. The lowest BCUT2D eigenvalue weighted by atomic mass is 9.97. The van der Waals surface area contributed by atoms with Crippen molar-refractivity contribution < 1.29 is 47.8 Å². The van der Waals surface area contributed by atoms with Gasteiger partial charge in [0.25, 0.3) is 0 Å². The molecule has 1 saturated heterocycles. The highest BCUT2D eigenvalue weighted by Gasteiger charge is 2.54. The zero-order chi connectivity index (χ0) is 23.3. The van der Waals surface area contributed by atoms with E-state index in [4.69, 9.17) is 23.7 Å². The van der Waals surface area contributed by atoms with E-state index in [1.807, 2.05) is 0 Å². The van der Waals surface area contributed by atoms with Gasteiger partial charge in [0.1, 0.15) is 25.1 Å². The Hall–Kier alpha value is -3.55. The first-order chi connectivity index (χ1) is 14.5. The van der Waals surface area contributed by atoms with Crippen molar-refractivity contribution in [2.75, 3.05) is 6.61 Å². The second kappa shape index (κ2) is 9.97. The van der Waals surface area contributed by atoms with Gasteiger partial charge in [0, 0.05) is 27.7 Å². The molecule has 0 saturated carbocycles. The molecule has 0 bridgehead atoms. The summed E-state index contributed by atoms with van der Waals surface area (Å²) >= 11 is 0. The van der Waals surface area contributed by atoms with E-state index < -0.39 is 72.0 Å². The molecule has 1 aliphatic heterocycles. The number of rotatable bonds is 7. The molecule has 14 heteroatoms. The molecule has 0 N–H and O–H groups in total. The van der Waals surface area contributed by atoms with Gasteiger partial charge in [-0.2, -0.15) is 4.57 Å².